The van der Waals surface area contributed by atoms with Gasteiger partial charge in [-0.1, -0.05) is 47.5 Å². The summed E-state index contributed by atoms with van der Waals surface area (Å²) in [5.41, 5.74) is 0. The minimum atomic E-state index is 0.694. The third-order valence-electron chi connectivity index (χ3n) is 3.80. The van der Waals surface area contributed by atoms with Gasteiger partial charge >= 0.3 is 0 Å². The van der Waals surface area contributed by atoms with Crippen LogP contribution in [0.15, 0.2) is 0 Å². The van der Waals surface area contributed by atoms with E-state index in [1.54, 1.807) is 0 Å². The van der Waals surface area contributed by atoms with Crippen LogP contribution in [-0.2, 0) is 0 Å². The van der Waals surface area contributed by atoms with Gasteiger partial charge in [-0.2, -0.15) is 0 Å². The first kappa shape index (κ1) is 14.0. The zero-order valence-electron chi connectivity index (χ0n) is 10.9. The fourth-order valence-corrected chi connectivity index (χ4v) is 2.04. The SMILES string of the molecule is CCC(CC)CC(NC)C(C)C(C)C. The first-order valence-electron chi connectivity index (χ1n) is 6.23. The molecule has 0 spiro atoms. The van der Waals surface area contributed by atoms with Crippen LogP contribution >= 0.6 is 0 Å². The normalized spacial score (nSPS) is 16.3. The molecule has 0 aromatic rings. The molecule has 2 unspecified atom stereocenters. The molecule has 1 N–H and O–H groups in total. The van der Waals surface area contributed by atoms with Crippen LogP contribution in [0.5, 0.6) is 0 Å². The van der Waals surface area contributed by atoms with Gasteiger partial charge in [-0.05, 0) is 31.2 Å². The van der Waals surface area contributed by atoms with Gasteiger partial charge in [0.25, 0.3) is 0 Å². The molecule has 0 fully saturated rings. The molecule has 14 heavy (non-hydrogen) atoms. The van der Waals surface area contributed by atoms with Crippen molar-refractivity contribution in [3.05, 3.63) is 0 Å². The van der Waals surface area contributed by atoms with E-state index in [9.17, 15) is 0 Å². The van der Waals surface area contributed by atoms with Gasteiger partial charge in [-0.15, -0.1) is 0 Å². The lowest BCUT2D eigenvalue weighted by atomic mass is 9.83. The lowest BCUT2D eigenvalue weighted by molar-refractivity contribution is 0.258. The van der Waals surface area contributed by atoms with Crippen molar-refractivity contribution in [2.75, 3.05) is 7.05 Å². The van der Waals surface area contributed by atoms with Gasteiger partial charge in [0, 0.05) is 6.04 Å². The van der Waals surface area contributed by atoms with E-state index in [0.717, 1.165) is 17.8 Å². The van der Waals surface area contributed by atoms with E-state index in [-0.39, 0.29) is 0 Å². The van der Waals surface area contributed by atoms with Crippen LogP contribution in [0.2, 0.25) is 0 Å². The Bertz CT molecular complexity index is 127. The number of hydrogen-bond acceptors (Lipinski definition) is 1. The predicted molar refractivity (Wildman–Crippen MR) is 65.5 cm³/mol. The minimum Gasteiger partial charge on any atom is -0.317 e. The molecule has 1 heteroatoms. The lowest BCUT2D eigenvalue weighted by Gasteiger charge is -2.29. The van der Waals surface area contributed by atoms with E-state index in [1.807, 2.05) is 0 Å². The maximum Gasteiger partial charge on any atom is 0.00947 e. The molecular weight excluding hydrogens is 170 g/mol. The molecule has 0 heterocycles. The van der Waals surface area contributed by atoms with Gasteiger partial charge in [0.15, 0.2) is 0 Å². The summed E-state index contributed by atoms with van der Waals surface area (Å²) in [7, 11) is 2.10. The van der Waals surface area contributed by atoms with Crippen LogP contribution in [0.3, 0.4) is 0 Å². The van der Waals surface area contributed by atoms with Crippen molar-refractivity contribution in [2.24, 2.45) is 17.8 Å². The van der Waals surface area contributed by atoms with Crippen LogP contribution in [0.4, 0.5) is 0 Å². The van der Waals surface area contributed by atoms with Crippen molar-refractivity contribution in [3.63, 3.8) is 0 Å². The highest BCUT2D eigenvalue weighted by atomic mass is 14.9. The molecule has 0 amide bonds. The van der Waals surface area contributed by atoms with Gasteiger partial charge in [-0.3, -0.25) is 0 Å². The van der Waals surface area contributed by atoms with E-state index >= 15 is 0 Å². The van der Waals surface area contributed by atoms with Crippen LogP contribution in [0.25, 0.3) is 0 Å². The Labute approximate surface area is 90.7 Å². The molecule has 0 aliphatic carbocycles. The molecule has 0 bridgehead atoms. The topological polar surface area (TPSA) is 12.0 Å². The van der Waals surface area contributed by atoms with Gasteiger partial charge in [-0.25, -0.2) is 0 Å². The van der Waals surface area contributed by atoms with Crippen LogP contribution in [0, 0.1) is 17.8 Å². The first-order chi connectivity index (χ1) is 6.56. The lowest BCUT2D eigenvalue weighted by Crippen LogP contribution is -2.36. The maximum absolute atomic E-state index is 3.48. The molecule has 1 nitrogen and oxygen atoms in total. The molecule has 0 saturated carbocycles. The first-order valence-corrected chi connectivity index (χ1v) is 6.23. The highest BCUT2D eigenvalue weighted by Gasteiger charge is 2.20. The molecule has 86 valence electrons. The summed E-state index contributed by atoms with van der Waals surface area (Å²) in [6.45, 7) is 11.6. The van der Waals surface area contributed by atoms with Gasteiger partial charge in [0.05, 0.1) is 0 Å². The molecule has 0 aromatic carbocycles. The Hall–Kier alpha value is -0.0400. The Morgan fingerprint density at radius 1 is 1.00 bits per heavy atom. The second-order valence-corrected chi connectivity index (χ2v) is 4.92. The third kappa shape index (κ3) is 4.45. The quantitative estimate of drug-likeness (QED) is 0.659. The summed E-state index contributed by atoms with van der Waals surface area (Å²) in [5, 5.41) is 3.48. The fraction of sp³-hybridized carbons (Fsp3) is 1.00. The van der Waals surface area contributed by atoms with E-state index < -0.39 is 0 Å². The summed E-state index contributed by atoms with van der Waals surface area (Å²) >= 11 is 0. The molecule has 0 aliphatic rings. The Morgan fingerprint density at radius 2 is 1.50 bits per heavy atom. The Balaban J connectivity index is 4.12. The average molecular weight is 199 g/mol. The van der Waals surface area contributed by atoms with Crippen molar-refractivity contribution in [3.8, 4) is 0 Å². The molecule has 0 saturated heterocycles. The van der Waals surface area contributed by atoms with E-state index in [0.29, 0.717) is 6.04 Å². The van der Waals surface area contributed by atoms with Gasteiger partial charge in [0.2, 0.25) is 0 Å². The van der Waals surface area contributed by atoms with Crippen LogP contribution in [-0.4, -0.2) is 13.1 Å². The summed E-state index contributed by atoms with van der Waals surface area (Å²) < 4.78 is 0. The highest BCUT2D eigenvalue weighted by Crippen LogP contribution is 2.23. The summed E-state index contributed by atoms with van der Waals surface area (Å²) in [6, 6.07) is 0.694. The Kier molecular flexibility index (Phi) is 7.26. The van der Waals surface area contributed by atoms with Crippen molar-refractivity contribution >= 4 is 0 Å². The number of nitrogens with one attached hydrogen (secondary N) is 1. The molecule has 0 rings (SSSR count). The van der Waals surface area contributed by atoms with Crippen molar-refractivity contribution < 1.29 is 0 Å². The van der Waals surface area contributed by atoms with Gasteiger partial charge in [0.1, 0.15) is 0 Å². The standard InChI is InChI=1S/C13H29N/c1-7-12(8-2)9-13(14-6)11(5)10(3)4/h10-14H,7-9H2,1-6H3. The fourth-order valence-electron chi connectivity index (χ4n) is 2.04. The summed E-state index contributed by atoms with van der Waals surface area (Å²) in [4.78, 5) is 0. The second kappa shape index (κ2) is 7.28. The molecule has 2 atom stereocenters. The maximum atomic E-state index is 3.48. The predicted octanol–water partition coefficient (Wildman–Crippen LogP) is 3.69. The number of hydrogen-bond donors (Lipinski definition) is 1. The van der Waals surface area contributed by atoms with E-state index in [2.05, 4.69) is 47.0 Å². The van der Waals surface area contributed by atoms with Crippen molar-refractivity contribution in [2.45, 2.75) is 59.9 Å². The second-order valence-electron chi connectivity index (χ2n) is 4.92. The zero-order valence-corrected chi connectivity index (χ0v) is 10.9. The van der Waals surface area contributed by atoms with Crippen molar-refractivity contribution in [1.82, 2.24) is 5.32 Å². The van der Waals surface area contributed by atoms with Crippen LogP contribution < -0.4 is 5.32 Å². The monoisotopic (exact) mass is 199 g/mol. The molecular formula is C13H29N. The molecule has 0 aromatic heterocycles. The highest BCUT2D eigenvalue weighted by molar-refractivity contribution is 4.76. The zero-order chi connectivity index (χ0) is 11.1. The van der Waals surface area contributed by atoms with E-state index in [1.165, 1.54) is 19.3 Å². The third-order valence-corrected chi connectivity index (χ3v) is 3.80. The Morgan fingerprint density at radius 3 is 1.79 bits per heavy atom. The minimum absolute atomic E-state index is 0.694. The molecule has 0 radical (unpaired) electrons. The smallest absolute Gasteiger partial charge is 0.00947 e. The summed E-state index contributed by atoms with van der Waals surface area (Å²) in [5.74, 6) is 2.45. The van der Waals surface area contributed by atoms with Gasteiger partial charge < -0.3 is 5.32 Å². The molecule has 0 aliphatic heterocycles. The van der Waals surface area contributed by atoms with Crippen LogP contribution in [0.1, 0.15) is 53.9 Å². The largest absolute Gasteiger partial charge is 0.317 e. The van der Waals surface area contributed by atoms with Crippen molar-refractivity contribution in [1.29, 1.82) is 0 Å². The number of rotatable bonds is 7. The average Bonchev–Trinajstić information content (AvgIpc) is 2.19. The van der Waals surface area contributed by atoms with E-state index in [4.69, 9.17) is 0 Å². The summed E-state index contributed by atoms with van der Waals surface area (Å²) in [6.07, 6.45) is 3.97.